The predicted octanol–water partition coefficient (Wildman–Crippen LogP) is 2.92. The molecule has 21 heavy (non-hydrogen) atoms. The van der Waals surface area contributed by atoms with Crippen LogP contribution in [-0.2, 0) is 6.54 Å². The SMILES string of the molecule is Cc1cccc(N(C)Cc2nc(NN)c3ccsc3n2)c1. The molecule has 3 N–H and O–H groups in total. The lowest BCUT2D eigenvalue weighted by molar-refractivity contribution is 0.849. The van der Waals surface area contributed by atoms with Crippen LogP contribution in [0.5, 0.6) is 0 Å². The van der Waals surface area contributed by atoms with E-state index < -0.39 is 0 Å². The summed E-state index contributed by atoms with van der Waals surface area (Å²) in [6, 6.07) is 10.3. The van der Waals surface area contributed by atoms with E-state index in [1.165, 1.54) is 5.56 Å². The lowest BCUT2D eigenvalue weighted by Gasteiger charge is -2.19. The van der Waals surface area contributed by atoms with E-state index in [1.54, 1.807) is 11.3 Å². The zero-order valence-corrected chi connectivity index (χ0v) is 12.8. The molecule has 0 bridgehead atoms. The number of nitrogens with two attached hydrogens (primary N) is 1. The Morgan fingerprint density at radius 1 is 1.29 bits per heavy atom. The Morgan fingerprint density at radius 3 is 2.90 bits per heavy atom. The number of aromatic nitrogens is 2. The summed E-state index contributed by atoms with van der Waals surface area (Å²) in [7, 11) is 2.03. The standard InChI is InChI=1S/C15H17N5S/c1-10-4-3-5-11(8-10)20(2)9-13-17-14(19-16)12-6-7-21-15(12)18-13/h3-8H,9,16H2,1-2H3,(H,17,18,19). The maximum Gasteiger partial charge on any atom is 0.152 e. The number of nitrogen functional groups attached to an aromatic ring is 1. The number of aryl methyl sites for hydroxylation is 1. The molecule has 2 heterocycles. The topological polar surface area (TPSA) is 67.1 Å². The monoisotopic (exact) mass is 299 g/mol. The van der Waals surface area contributed by atoms with Crippen molar-refractivity contribution in [2.75, 3.05) is 17.4 Å². The van der Waals surface area contributed by atoms with Gasteiger partial charge >= 0.3 is 0 Å². The minimum Gasteiger partial charge on any atom is -0.367 e. The number of fused-ring (bicyclic) bond motifs is 1. The smallest absolute Gasteiger partial charge is 0.152 e. The van der Waals surface area contributed by atoms with Crippen molar-refractivity contribution in [2.24, 2.45) is 5.84 Å². The molecule has 0 saturated carbocycles. The molecular weight excluding hydrogens is 282 g/mol. The summed E-state index contributed by atoms with van der Waals surface area (Å²) >= 11 is 1.59. The van der Waals surface area contributed by atoms with Crippen molar-refractivity contribution in [3.05, 3.63) is 47.1 Å². The van der Waals surface area contributed by atoms with Crippen LogP contribution in [0.25, 0.3) is 10.2 Å². The average Bonchev–Trinajstić information content (AvgIpc) is 2.94. The summed E-state index contributed by atoms with van der Waals surface area (Å²) in [5.41, 5.74) is 5.04. The van der Waals surface area contributed by atoms with E-state index in [1.807, 2.05) is 18.5 Å². The Hall–Kier alpha value is -2.18. The summed E-state index contributed by atoms with van der Waals surface area (Å²) in [5.74, 6) is 6.98. The molecule has 3 rings (SSSR count). The quantitative estimate of drug-likeness (QED) is 0.573. The fourth-order valence-corrected chi connectivity index (χ4v) is 3.03. The van der Waals surface area contributed by atoms with Gasteiger partial charge in [0.25, 0.3) is 0 Å². The van der Waals surface area contributed by atoms with Crippen molar-refractivity contribution < 1.29 is 0 Å². The Bertz CT molecular complexity index is 768. The van der Waals surface area contributed by atoms with Crippen LogP contribution in [0.1, 0.15) is 11.4 Å². The van der Waals surface area contributed by atoms with Crippen molar-refractivity contribution in [3.8, 4) is 0 Å². The largest absolute Gasteiger partial charge is 0.367 e. The van der Waals surface area contributed by atoms with E-state index in [-0.39, 0.29) is 0 Å². The van der Waals surface area contributed by atoms with Crippen LogP contribution >= 0.6 is 11.3 Å². The Morgan fingerprint density at radius 2 is 2.14 bits per heavy atom. The average molecular weight is 299 g/mol. The van der Waals surface area contributed by atoms with Gasteiger partial charge < -0.3 is 10.3 Å². The van der Waals surface area contributed by atoms with Crippen molar-refractivity contribution in [1.29, 1.82) is 0 Å². The molecule has 2 aromatic heterocycles. The lowest BCUT2D eigenvalue weighted by Crippen LogP contribution is -2.19. The number of anilines is 2. The zero-order chi connectivity index (χ0) is 14.8. The number of nitrogens with one attached hydrogen (secondary N) is 1. The number of thiophene rings is 1. The molecule has 0 aliphatic carbocycles. The summed E-state index contributed by atoms with van der Waals surface area (Å²) in [4.78, 5) is 12.2. The second-order valence-corrected chi connectivity index (χ2v) is 5.86. The van der Waals surface area contributed by atoms with Crippen molar-refractivity contribution in [1.82, 2.24) is 9.97 Å². The van der Waals surface area contributed by atoms with Crippen molar-refractivity contribution in [3.63, 3.8) is 0 Å². The molecule has 108 valence electrons. The van der Waals surface area contributed by atoms with Gasteiger partial charge in [-0.1, -0.05) is 12.1 Å². The van der Waals surface area contributed by atoms with Gasteiger partial charge in [0.15, 0.2) is 11.6 Å². The number of hydrogen-bond donors (Lipinski definition) is 2. The highest BCUT2D eigenvalue weighted by Gasteiger charge is 2.10. The van der Waals surface area contributed by atoms with E-state index >= 15 is 0 Å². The zero-order valence-electron chi connectivity index (χ0n) is 12.0. The molecule has 0 saturated heterocycles. The molecule has 0 fully saturated rings. The van der Waals surface area contributed by atoms with E-state index in [0.29, 0.717) is 12.4 Å². The molecule has 0 unspecified atom stereocenters. The van der Waals surface area contributed by atoms with Crippen LogP contribution in [0.15, 0.2) is 35.7 Å². The van der Waals surface area contributed by atoms with Crippen LogP contribution in [-0.4, -0.2) is 17.0 Å². The second-order valence-electron chi connectivity index (χ2n) is 4.97. The van der Waals surface area contributed by atoms with E-state index in [0.717, 1.165) is 21.7 Å². The normalized spacial score (nSPS) is 10.8. The minimum atomic E-state index is 0.631. The van der Waals surface area contributed by atoms with Gasteiger partial charge in [0.1, 0.15) is 4.83 Å². The fraction of sp³-hybridized carbons (Fsp3) is 0.200. The van der Waals surface area contributed by atoms with Crippen LogP contribution in [0, 0.1) is 6.92 Å². The molecule has 6 heteroatoms. The maximum atomic E-state index is 5.56. The Balaban J connectivity index is 1.90. The fourth-order valence-electron chi connectivity index (χ4n) is 2.25. The van der Waals surface area contributed by atoms with Gasteiger partial charge in [0.05, 0.1) is 11.9 Å². The van der Waals surface area contributed by atoms with Gasteiger partial charge in [-0.2, -0.15) is 0 Å². The first-order chi connectivity index (χ1) is 10.2. The number of nitrogens with zero attached hydrogens (tertiary/aromatic N) is 3. The third kappa shape index (κ3) is 2.81. The number of hydrazine groups is 1. The predicted molar refractivity (Wildman–Crippen MR) is 88.5 cm³/mol. The molecule has 0 amide bonds. The highest BCUT2D eigenvalue weighted by Crippen LogP contribution is 2.25. The molecule has 0 atom stereocenters. The summed E-state index contributed by atoms with van der Waals surface area (Å²) in [6.45, 7) is 2.72. The third-order valence-electron chi connectivity index (χ3n) is 3.33. The first-order valence-corrected chi connectivity index (χ1v) is 7.54. The van der Waals surface area contributed by atoms with E-state index in [2.05, 4.69) is 51.5 Å². The summed E-state index contributed by atoms with van der Waals surface area (Å²) in [6.07, 6.45) is 0. The minimum absolute atomic E-state index is 0.631. The van der Waals surface area contributed by atoms with E-state index in [9.17, 15) is 0 Å². The highest BCUT2D eigenvalue weighted by molar-refractivity contribution is 7.16. The molecule has 0 aliphatic heterocycles. The Labute approximate surface area is 127 Å². The van der Waals surface area contributed by atoms with Crippen LogP contribution in [0.3, 0.4) is 0 Å². The molecule has 0 radical (unpaired) electrons. The van der Waals surface area contributed by atoms with Crippen molar-refractivity contribution in [2.45, 2.75) is 13.5 Å². The van der Waals surface area contributed by atoms with Gasteiger partial charge in [0, 0.05) is 12.7 Å². The van der Waals surface area contributed by atoms with Crippen molar-refractivity contribution >= 4 is 33.1 Å². The summed E-state index contributed by atoms with van der Waals surface area (Å²) < 4.78 is 0. The second kappa shape index (κ2) is 5.67. The molecule has 1 aromatic carbocycles. The number of benzene rings is 1. The van der Waals surface area contributed by atoms with Crippen LogP contribution < -0.4 is 16.2 Å². The van der Waals surface area contributed by atoms with Gasteiger partial charge in [-0.15, -0.1) is 11.3 Å². The third-order valence-corrected chi connectivity index (χ3v) is 4.14. The maximum absolute atomic E-state index is 5.56. The van der Waals surface area contributed by atoms with E-state index in [4.69, 9.17) is 5.84 Å². The first-order valence-electron chi connectivity index (χ1n) is 6.66. The summed E-state index contributed by atoms with van der Waals surface area (Å²) in [5, 5.41) is 2.96. The van der Waals surface area contributed by atoms with Gasteiger partial charge in [0.2, 0.25) is 0 Å². The Kier molecular flexibility index (Phi) is 3.72. The molecule has 0 spiro atoms. The molecule has 5 nitrogen and oxygen atoms in total. The molecule has 0 aliphatic rings. The lowest BCUT2D eigenvalue weighted by atomic mass is 10.2. The molecular formula is C15H17N5S. The van der Waals surface area contributed by atoms with Crippen LogP contribution in [0.4, 0.5) is 11.5 Å². The number of hydrogen-bond acceptors (Lipinski definition) is 6. The van der Waals surface area contributed by atoms with Gasteiger partial charge in [-0.25, -0.2) is 15.8 Å². The van der Waals surface area contributed by atoms with Gasteiger partial charge in [-0.05, 0) is 36.1 Å². The number of rotatable bonds is 4. The highest BCUT2D eigenvalue weighted by atomic mass is 32.1. The van der Waals surface area contributed by atoms with Gasteiger partial charge in [-0.3, -0.25) is 0 Å². The van der Waals surface area contributed by atoms with Crippen LogP contribution in [0.2, 0.25) is 0 Å². The first kappa shape index (κ1) is 13.8. The molecule has 3 aromatic rings.